The third-order valence-electron chi connectivity index (χ3n) is 3.86. The van der Waals surface area contributed by atoms with E-state index in [1.807, 2.05) is 6.92 Å². The van der Waals surface area contributed by atoms with Gasteiger partial charge in [0.15, 0.2) is 0 Å². The summed E-state index contributed by atoms with van der Waals surface area (Å²) in [6.07, 6.45) is 5.79. The van der Waals surface area contributed by atoms with Gasteiger partial charge in [-0.15, -0.1) is 0 Å². The number of halogens is 1. The molecule has 96 valence electrons. The lowest BCUT2D eigenvalue weighted by molar-refractivity contribution is 0.516. The van der Waals surface area contributed by atoms with Crippen molar-refractivity contribution in [3.63, 3.8) is 0 Å². The van der Waals surface area contributed by atoms with Gasteiger partial charge in [-0.25, -0.2) is 8.42 Å². The maximum absolute atomic E-state index is 12.6. The van der Waals surface area contributed by atoms with Crippen LogP contribution in [0.1, 0.15) is 19.8 Å². The lowest BCUT2D eigenvalue weighted by Gasteiger charge is -2.11. The van der Waals surface area contributed by atoms with E-state index >= 15 is 0 Å². The Balaban J connectivity index is 1.96. The smallest absolute Gasteiger partial charge is 0.207 e. The van der Waals surface area contributed by atoms with Gasteiger partial charge in [0, 0.05) is 10.5 Å². The molecule has 0 spiro atoms. The Morgan fingerprint density at radius 2 is 1.94 bits per heavy atom. The fourth-order valence-electron chi connectivity index (χ4n) is 2.75. The summed E-state index contributed by atoms with van der Waals surface area (Å²) in [5.74, 6) is 0. The highest BCUT2D eigenvalue weighted by atomic mass is 79.9. The van der Waals surface area contributed by atoms with Crippen LogP contribution >= 0.6 is 15.9 Å². The summed E-state index contributed by atoms with van der Waals surface area (Å²) in [4.78, 5) is 0.376. The first-order valence-corrected chi connectivity index (χ1v) is 8.15. The van der Waals surface area contributed by atoms with Gasteiger partial charge in [-0.2, -0.15) is 4.31 Å². The Labute approximate surface area is 116 Å². The van der Waals surface area contributed by atoms with E-state index in [4.69, 9.17) is 0 Å². The van der Waals surface area contributed by atoms with Gasteiger partial charge in [0.05, 0.1) is 10.4 Å². The predicted molar refractivity (Wildman–Crippen MR) is 73.7 cm³/mol. The number of rotatable bonds is 2. The van der Waals surface area contributed by atoms with Gasteiger partial charge >= 0.3 is 0 Å². The summed E-state index contributed by atoms with van der Waals surface area (Å²) >= 11 is 3.32. The number of nitrogens with zero attached hydrogens (tertiary/aromatic N) is 1. The van der Waals surface area contributed by atoms with E-state index in [0.29, 0.717) is 4.90 Å². The normalized spacial score (nSPS) is 34.1. The first kappa shape index (κ1) is 12.4. The summed E-state index contributed by atoms with van der Waals surface area (Å²) in [6, 6.07) is 6.97. The molecule has 5 heteroatoms. The fraction of sp³-hybridized carbons (Fsp3) is 0.385. The molecule has 1 aromatic rings. The number of fused-ring (bicyclic) bond motifs is 1. The van der Waals surface area contributed by atoms with Crippen molar-refractivity contribution in [1.82, 2.24) is 4.31 Å². The molecule has 1 unspecified atom stereocenters. The van der Waals surface area contributed by atoms with E-state index in [2.05, 4.69) is 28.1 Å². The average molecular weight is 328 g/mol. The minimum Gasteiger partial charge on any atom is -0.207 e. The SMILES string of the molecule is C[C@]12CC=CC[C@@H]1N2S(=O)(=O)c1ccc(Br)cc1. The monoisotopic (exact) mass is 327 g/mol. The summed E-state index contributed by atoms with van der Waals surface area (Å²) in [5.41, 5.74) is -0.208. The topological polar surface area (TPSA) is 37.1 Å². The van der Waals surface area contributed by atoms with Gasteiger partial charge in [0.1, 0.15) is 0 Å². The second-order valence-electron chi connectivity index (χ2n) is 5.04. The Morgan fingerprint density at radius 3 is 2.50 bits per heavy atom. The molecule has 0 bridgehead atoms. The second-order valence-corrected chi connectivity index (χ2v) is 7.77. The van der Waals surface area contributed by atoms with Crippen molar-refractivity contribution in [2.45, 2.75) is 36.2 Å². The van der Waals surface area contributed by atoms with Crippen molar-refractivity contribution in [3.05, 3.63) is 40.9 Å². The van der Waals surface area contributed by atoms with Crippen molar-refractivity contribution in [2.75, 3.05) is 0 Å². The van der Waals surface area contributed by atoms with Crippen LogP contribution in [0.4, 0.5) is 0 Å². The number of hydrogen-bond acceptors (Lipinski definition) is 2. The third-order valence-corrected chi connectivity index (χ3v) is 6.45. The molecule has 0 amide bonds. The Hall–Kier alpha value is -0.650. The summed E-state index contributed by atoms with van der Waals surface area (Å²) in [7, 11) is -3.35. The zero-order chi connectivity index (χ0) is 13.0. The number of benzene rings is 1. The molecule has 1 aromatic carbocycles. The van der Waals surface area contributed by atoms with Gasteiger partial charge in [-0.1, -0.05) is 28.1 Å². The lowest BCUT2D eigenvalue weighted by Crippen LogP contribution is -2.20. The molecule has 0 saturated carbocycles. The van der Waals surface area contributed by atoms with Crippen LogP contribution < -0.4 is 0 Å². The Kier molecular flexibility index (Phi) is 2.70. The molecule has 1 heterocycles. The number of sulfonamides is 1. The first-order valence-electron chi connectivity index (χ1n) is 5.91. The van der Waals surface area contributed by atoms with E-state index in [9.17, 15) is 8.42 Å². The van der Waals surface area contributed by atoms with Crippen molar-refractivity contribution < 1.29 is 8.42 Å². The highest BCUT2D eigenvalue weighted by Gasteiger charge is 2.64. The molecule has 3 rings (SSSR count). The first-order chi connectivity index (χ1) is 8.46. The van der Waals surface area contributed by atoms with E-state index in [0.717, 1.165) is 17.3 Å². The largest absolute Gasteiger partial charge is 0.243 e. The van der Waals surface area contributed by atoms with Crippen LogP contribution in [0.2, 0.25) is 0 Å². The molecule has 3 atom stereocenters. The molecule has 1 aliphatic heterocycles. The summed E-state index contributed by atoms with van der Waals surface area (Å²) in [6.45, 7) is 2.03. The van der Waals surface area contributed by atoms with Crippen LogP contribution in [0, 0.1) is 0 Å². The highest BCUT2D eigenvalue weighted by molar-refractivity contribution is 9.10. The van der Waals surface area contributed by atoms with Crippen LogP contribution in [0.15, 0.2) is 45.8 Å². The summed E-state index contributed by atoms with van der Waals surface area (Å²) < 4.78 is 27.7. The zero-order valence-corrected chi connectivity index (χ0v) is 12.4. The molecule has 0 aromatic heterocycles. The van der Waals surface area contributed by atoms with E-state index < -0.39 is 10.0 Å². The standard InChI is InChI=1S/C13H14BrNO2S/c1-13-9-3-2-4-12(13)15(13)18(16,17)11-7-5-10(14)6-8-11/h2-3,5-8,12H,4,9H2,1H3/t12-,13-,15?/m0/s1. The fourth-order valence-corrected chi connectivity index (χ4v) is 5.07. The van der Waals surface area contributed by atoms with Crippen LogP contribution in [0.3, 0.4) is 0 Å². The third kappa shape index (κ3) is 1.68. The maximum Gasteiger partial charge on any atom is 0.243 e. The predicted octanol–water partition coefficient (Wildman–Crippen LogP) is 2.93. The van der Waals surface area contributed by atoms with Crippen LogP contribution in [0.5, 0.6) is 0 Å². The Bertz CT molecular complexity index is 608. The van der Waals surface area contributed by atoms with Crippen LogP contribution in [-0.2, 0) is 10.0 Å². The quantitative estimate of drug-likeness (QED) is 0.618. The van der Waals surface area contributed by atoms with Crippen LogP contribution in [-0.4, -0.2) is 24.3 Å². The molecular weight excluding hydrogens is 314 g/mol. The molecular formula is C13H14BrNO2S. The Morgan fingerprint density at radius 1 is 1.28 bits per heavy atom. The highest BCUT2D eigenvalue weighted by Crippen LogP contribution is 2.52. The molecule has 2 aliphatic rings. The van der Waals surface area contributed by atoms with Crippen molar-refractivity contribution in [1.29, 1.82) is 0 Å². The number of hydrogen-bond donors (Lipinski definition) is 0. The maximum atomic E-state index is 12.6. The van der Waals surface area contributed by atoms with Gasteiger partial charge in [0.2, 0.25) is 10.0 Å². The van der Waals surface area contributed by atoms with E-state index in [1.54, 1.807) is 28.6 Å². The van der Waals surface area contributed by atoms with Gasteiger partial charge in [0.25, 0.3) is 0 Å². The van der Waals surface area contributed by atoms with Gasteiger partial charge in [-0.3, -0.25) is 0 Å². The average Bonchev–Trinajstić information content (AvgIpc) is 2.96. The van der Waals surface area contributed by atoms with E-state index in [-0.39, 0.29) is 11.6 Å². The molecule has 18 heavy (non-hydrogen) atoms. The second kappa shape index (κ2) is 3.92. The van der Waals surface area contributed by atoms with Crippen molar-refractivity contribution >= 4 is 26.0 Å². The molecule has 1 aliphatic carbocycles. The molecule has 1 saturated heterocycles. The molecule has 0 N–H and O–H groups in total. The molecule has 1 fully saturated rings. The minimum absolute atomic E-state index is 0.135. The molecule has 0 radical (unpaired) electrons. The van der Waals surface area contributed by atoms with E-state index in [1.165, 1.54) is 0 Å². The zero-order valence-electron chi connectivity index (χ0n) is 10.0. The lowest BCUT2D eigenvalue weighted by atomic mass is 9.96. The summed E-state index contributed by atoms with van der Waals surface area (Å²) in [5, 5.41) is 0. The minimum atomic E-state index is -3.35. The molecule has 3 nitrogen and oxygen atoms in total. The van der Waals surface area contributed by atoms with Crippen LogP contribution in [0.25, 0.3) is 0 Å². The van der Waals surface area contributed by atoms with Crippen molar-refractivity contribution in [3.8, 4) is 0 Å². The van der Waals surface area contributed by atoms with Gasteiger partial charge in [-0.05, 0) is 44.0 Å². The van der Waals surface area contributed by atoms with Gasteiger partial charge < -0.3 is 0 Å². The van der Waals surface area contributed by atoms with Crippen molar-refractivity contribution in [2.24, 2.45) is 0 Å².